The van der Waals surface area contributed by atoms with Crippen molar-refractivity contribution in [1.29, 1.82) is 0 Å². The van der Waals surface area contributed by atoms with E-state index in [0.717, 1.165) is 5.75 Å². The summed E-state index contributed by atoms with van der Waals surface area (Å²) in [7, 11) is 0. The van der Waals surface area contributed by atoms with Crippen molar-refractivity contribution < 1.29 is 0 Å². The minimum atomic E-state index is 1.03. The van der Waals surface area contributed by atoms with Crippen molar-refractivity contribution in [2.45, 2.75) is 46.0 Å². The van der Waals surface area contributed by atoms with E-state index in [4.69, 9.17) is 0 Å². The molecule has 0 heterocycles. The van der Waals surface area contributed by atoms with E-state index < -0.39 is 0 Å². The number of thiol groups is 1. The summed E-state index contributed by atoms with van der Waals surface area (Å²) in [6, 6.07) is 6.76. The molecule has 0 saturated carbocycles. The molecule has 0 amide bonds. The molecule has 0 radical (unpaired) electrons. The van der Waals surface area contributed by atoms with E-state index in [1.54, 1.807) is 0 Å². The fourth-order valence-electron chi connectivity index (χ4n) is 1.85. The normalized spacial score (nSPS) is 10.6. The van der Waals surface area contributed by atoms with Crippen LogP contribution in [0.5, 0.6) is 0 Å². The third kappa shape index (κ3) is 4.74. The van der Waals surface area contributed by atoms with Gasteiger partial charge in [0.05, 0.1) is 0 Å². The zero-order valence-corrected chi connectivity index (χ0v) is 10.8. The molecular formula is C14H22S. The Bertz CT molecular complexity index is 291. The van der Waals surface area contributed by atoms with Gasteiger partial charge in [-0.15, -0.1) is 0 Å². The van der Waals surface area contributed by atoms with Crippen LogP contribution in [-0.4, -0.2) is 5.75 Å². The first-order valence-electron chi connectivity index (χ1n) is 5.91. The van der Waals surface area contributed by atoms with Crippen LogP contribution in [0.2, 0.25) is 0 Å². The summed E-state index contributed by atoms with van der Waals surface area (Å²) in [6.45, 7) is 4.38. The van der Waals surface area contributed by atoms with Crippen molar-refractivity contribution >= 4 is 12.6 Å². The van der Waals surface area contributed by atoms with Crippen LogP contribution in [0.4, 0.5) is 0 Å². The molecule has 0 saturated heterocycles. The summed E-state index contributed by atoms with van der Waals surface area (Å²) in [5, 5.41) is 0. The van der Waals surface area contributed by atoms with Crippen molar-refractivity contribution in [2.75, 3.05) is 5.75 Å². The predicted octanol–water partition coefficient (Wildman–Crippen LogP) is 4.34. The van der Waals surface area contributed by atoms with Gasteiger partial charge >= 0.3 is 0 Å². The number of rotatable bonds is 6. The first-order valence-corrected chi connectivity index (χ1v) is 6.54. The van der Waals surface area contributed by atoms with Crippen LogP contribution in [0.15, 0.2) is 18.2 Å². The van der Waals surface area contributed by atoms with Gasteiger partial charge in [-0.05, 0) is 50.0 Å². The molecule has 0 aromatic heterocycles. The zero-order chi connectivity index (χ0) is 11.1. The van der Waals surface area contributed by atoms with E-state index >= 15 is 0 Å². The molecule has 0 unspecified atom stereocenters. The Morgan fingerprint density at radius 3 is 2.47 bits per heavy atom. The van der Waals surface area contributed by atoms with Gasteiger partial charge in [0.15, 0.2) is 0 Å². The molecule has 1 aromatic carbocycles. The average molecular weight is 222 g/mol. The largest absolute Gasteiger partial charge is 0.179 e. The molecule has 0 aliphatic rings. The number of unbranched alkanes of at least 4 members (excludes halogenated alkanes) is 3. The van der Waals surface area contributed by atoms with Gasteiger partial charge in [-0.25, -0.2) is 0 Å². The average Bonchev–Trinajstić information content (AvgIpc) is 2.23. The van der Waals surface area contributed by atoms with Gasteiger partial charge in [0.2, 0.25) is 0 Å². The highest BCUT2D eigenvalue weighted by Crippen LogP contribution is 2.14. The second kappa shape index (κ2) is 6.95. The number of benzene rings is 1. The molecule has 0 N–H and O–H groups in total. The van der Waals surface area contributed by atoms with E-state index in [1.165, 1.54) is 48.8 Å². The number of hydrogen-bond acceptors (Lipinski definition) is 1. The summed E-state index contributed by atoms with van der Waals surface area (Å²) < 4.78 is 0. The molecule has 0 aliphatic carbocycles. The van der Waals surface area contributed by atoms with E-state index in [1.807, 2.05) is 0 Å². The second-order valence-electron chi connectivity index (χ2n) is 4.32. The third-order valence-corrected chi connectivity index (χ3v) is 3.18. The maximum Gasteiger partial charge on any atom is -0.00979 e. The Labute approximate surface area is 99.5 Å². The van der Waals surface area contributed by atoms with Crippen molar-refractivity contribution in [1.82, 2.24) is 0 Å². The van der Waals surface area contributed by atoms with Crippen LogP contribution >= 0.6 is 12.6 Å². The fourth-order valence-corrected chi connectivity index (χ4v) is 2.07. The summed E-state index contributed by atoms with van der Waals surface area (Å²) in [6.07, 6.45) is 6.48. The fraction of sp³-hybridized carbons (Fsp3) is 0.571. The van der Waals surface area contributed by atoms with Crippen LogP contribution < -0.4 is 0 Å². The van der Waals surface area contributed by atoms with Crippen molar-refractivity contribution in [2.24, 2.45) is 0 Å². The summed E-state index contributed by atoms with van der Waals surface area (Å²) in [4.78, 5) is 0. The monoisotopic (exact) mass is 222 g/mol. The Balaban J connectivity index is 2.33. The molecule has 15 heavy (non-hydrogen) atoms. The van der Waals surface area contributed by atoms with Gasteiger partial charge in [0.1, 0.15) is 0 Å². The van der Waals surface area contributed by atoms with Gasteiger partial charge in [-0.2, -0.15) is 12.6 Å². The van der Waals surface area contributed by atoms with Crippen LogP contribution in [-0.2, 0) is 6.42 Å². The molecule has 1 aromatic rings. The van der Waals surface area contributed by atoms with Crippen LogP contribution in [0.25, 0.3) is 0 Å². The zero-order valence-electron chi connectivity index (χ0n) is 9.92. The van der Waals surface area contributed by atoms with Gasteiger partial charge in [-0.1, -0.05) is 36.6 Å². The molecule has 84 valence electrons. The lowest BCUT2D eigenvalue weighted by Gasteiger charge is -2.06. The quantitative estimate of drug-likeness (QED) is 0.537. The minimum absolute atomic E-state index is 1.03. The van der Waals surface area contributed by atoms with Crippen LogP contribution in [0, 0.1) is 13.8 Å². The third-order valence-electron chi connectivity index (χ3n) is 2.86. The molecular weight excluding hydrogens is 200 g/mol. The predicted molar refractivity (Wildman–Crippen MR) is 71.9 cm³/mol. The number of aryl methyl sites for hydroxylation is 3. The molecule has 0 spiro atoms. The molecule has 0 fully saturated rings. The smallest absolute Gasteiger partial charge is 0.00979 e. The van der Waals surface area contributed by atoms with E-state index in [2.05, 4.69) is 44.7 Å². The Morgan fingerprint density at radius 2 is 1.73 bits per heavy atom. The lowest BCUT2D eigenvalue weighted by molar-refractivity contribution is 0.669. The van der Waals surface area contributed by atoms with Crippen molar-refractivity contribution in [3.05, 3.63) is 34.9 Å². The van der Waals surface area contributed by atoms with E-state index in [0.29, 0.717) is 0 Å². The van der Waals surface area contributed by atoms with E-state index in [-0.39, 0.29) is 0 Å². The maximum absolute atomic E-state index is 4.22. The Morgan fingerprint density at radius 1 is 1.00 bits per heavy atom. The van der Waals surface area contributed by atoms with E-state index in [9.17, 15) is 0 Å². The first kappa shape index (κ1) is 12.6. The number of hydrogen-bond donors (Lipinski definition) is 1. The highest BCUT2D eigenvalue weighted by atomic mass is 32.1. The van der Waals surface area contributed by atoms with Gasteiger partial charge < -0.3 is 0 Å². The lowest BCUT2D eigenvalue weighted by atomic mass is 10.00. The Hall–Kier alpha value is -0.430. The summed E-state index contributed by atoms with van der Waals surface area (Å²) in [5.74, 6) is 1.03. The van der Waals surface area contributed by atoms with Gasteiger partial charge in [0.25, 0.3) is 0 Å². The molecule has 0 bridgehead atoms. The highest BCUT2D eigenvalue weighted by Gasteiger charge is 1.98. The molecule has 0 nitrogen and oxygen atoms in total. The molecule has 1 heteroatoms. The second-order valence-corrected chi connectivity index (χ2v) is 4.76. The molecule has 0 aliphatic heterocycles. The maximum atomic E-state index is 4.22. The SMILES string of the molecule is Cc1ccc(C)c(CCCCCCS)c1. The first-order chi connectivity index (χ1) is 7.24. The van der Waals surface area contributed by atoms with Crippen molar-refractivity contribution in [3.63, 3.8) is 0 Å². The topological polar surface area (TPSA) is 0 Å². The minimum Gasteiger partial charge on any atom is -0.179 e. The highest BCUT2D eigenvalue weighted by molar-refractivity contribution is 7.80. The molecule has 1 rings (SSSR count). The summed E-state index contributed by atoms with van der Waals surface area (Å²) in [5.41, 5.74) is 4.35. The lowest BCUT2D eigenvalue weighted by Crippen LogP contribution is -1.91. The van der Waals surface area contributed by atoms with Gasteiger partial charge in [-0.3, -0.25) is 0 Å². The van der Waals surface area contributed by atoms with Crippen LogP contribution in [0.1, 0.15) is 42.4 Å². The summed E-state index contributed by atoms with van der Waals surface area (Å²) >= 11 is 4.22. The molecule has 0 atom stereocenters. The standard InChI is InChI=1S/C14H22S/c1-12-8-9-13(2)14(11-12)7-5-3-4-6-10-15/h8-9,11,15H,3-7,10H2,1-2H3. The van der Waals surface area contributed by atoms with Gasteiger partial charge in [0, 0.05) is 0 Å². The Kier molecular flexibility index (Phi) is 5.85. The van der Waals surface area contributed by atoms with Crippen molar-refractivity contribution in [3.8, 4) is 0 Å². The van der Waals surface area contributed by atoms with Crippen LogP contribution in [0.3, 0.4) is 0 Å².